The Kier molecular flexibility index (Phi) is 5.81. The van der Waals surface area contributed by atoms with Gasteiger partial charge in [0.25, 0.3) is 0 Å². The Morgan fingerprint density at radius 3 is 1.67 bits per heavy atom. The molecule has 0 atom stereocenters. The highest BCUT2D eigenvalue weighted by Crippen LogP contribution is 2.27. The van der Waals surface area contributed by atoms with Crippen LogP contribution < -0.4 is 0 Å². The fourth-order valence-electron chi connectivity index (χ4n) is 2.88. The predicted molar refractivity (Wildman–Crippen MR) is 97.7 cm³/mol. The first kappa shape index (κ1) is 18.6. The van der Waals surface area contributed by atoms with Crippen molar-refractivity contribution >= 4 is 11.6 Å². The molecule has 0 saturated carbocycles. The third kappa shape index (κ3) is 4.91. The molecular formula is C22H17F2NO2. The van der Waals surface area contributed by atoms with Gasteiger partial charge >= 0.3 is 0 Å². The van der Waals surface area contributed by atoms with Crippen LogP contribution in [0.1, 0.15) is 45.0 Å². The topological polar surface area (TPSA) is 47.0 Å². The summed E-state index contributed by atoms with van der Waals surface area (Å²) < 4.78 is 26.1. The maximum Gasteiger partial charge on any atom is 0.163 e. The second-order valence-corrected chi connectivity index (χ2v) is 6.25. The Morgan fingerprint density at radius 2 is 1.26 bits per heavy atom. The van der Waals surface area contributed by atoms with E-state index >= 15 is 0 Å². The summed E-state index contributed by atoms with van der Waals surface area (Å²) in [6, 6.07) is 14.2. The molecule has 0 amide bonds. The van der Waals surface area contributed by atoms with Gasteiger partial charge < -0.3 is 0 Å². The molecule has 136 valence electrons. The summed E-state index contributed by atoms with van der Waals surface area (Å²) >= 11 is 0. The van der Waals surface area contributed by atoms with E-state index in [1.54, 1.807) is 18.5 Å². The number of carbonyl (C=O) groups is 2. The summed E-state index contributed by atoms with van der Waals surface area (Å²) in [6.07, 6.45) is 3.42. The van der Waals surface area contributed by atoms with E-state index < -0.39 is 11.6 Å². The number of ketones is 2. The number of benzene rings is 2. The molecule has 27 heavy (non-hydrogen) atoms. The maximum absolute atomic E-state index is 13.1. The van der Waals surface area contributed by atoms with E-state index in [4.69, 9.17) is 0 Å². The number of nitrogens with zero attached hydrogens (tertiary/aromatic N) is 1. The molecule has 0 aliphatic heterocycles. The highest BCUT2D eigenvalue weighted by molar-refractivity contribution is 5.99. The van der Waals surface area contributed by atoms with Crippen molar-refractivity contribution < 1.29 is 18.4 Å². The van der Waals surface area contributed by atoms with Crippen LogP contribution >= 0.6 is 0 Å². The minimum atomic E-state index is -0.415. The van der Waals surface area contributed by atoms with Crippen molar-refractivity contribution in [1.82, 2.24) is 4.98 Å². The van der Waals surface area contributed by atoms with Crippen LogP contribution in [0, 0.1) is 11.6 Å². The quantitative estimate of drug-likeness (QED) is 0.554. The molecule has 0 bridgehead atoms. The highest BCUT2D eigenvalue weighted by Gasteiger charge is 2.21. The third-order valence-corrected chi connectivity index (χ3v) is 4.35. The van der Waals surface area contributed by atoms with Gasteiger partial charge in [-0.2, -0.15) is 0 Å². The van der Waals surface area contributed by atoms with Crippen molar-refractivity contribution in [2.45, 2.75) is 18.8 Å². The highest BCUT2D eigenvalue weighted by atomic mass is 19.1. The van der Waals surface area contributed by atoms with Crippen molar-refractivity contribution in [1.29, 1.82) is 0 Å². The van der Waals surface area contributed by atoms with Crippen molar-refractivity contribution in [3.63, 3.8) is 0 Å². The second-order valence-electron chi connectivity index (χ2n) is 6.25. The van der Waals surface area contributed by atoms with Crippen LogP contribution in [0.5, 0.6) is 0 Å². The first-order valence-electron chi connectivity index (χ1n) is 8.50. The van der Waals surface area contributed by atoms with E-state index in [-0.39, 0.29) is 30.3 Å². The first-order valence-corrected chi connectivity index (χ1v) is 8.50. The Labute approximate surface area is 155 Å². The summed E-state index contributed by atoms with van der Waals surface area (Å²) in [6.45, 7) is 0. The smallest absolute Gasteiger partial charge is 0.163 e. The van der Waals surface area contributed by atoms with E-state index in [2.05, 4.69) is 4.98 Å². The number of hydrogen-bond acceptors (Lipinski definition) is 3. The molecule has 0 radical (unpaired) electrons. The zero-order chi connectivity index (χ0) is 19.2. The largest absolute Gasteiger partial charge is 0.294 e. The summed E-state index contributed by atoms with van der Waals surface area (Å²) in [7, 11) is 0. The molecule has 0 aliphatic carbocycles. The SMILES string of the molecule is O=C(CC(CC(=O)c1ccc(F)cc1)c1cccnc1)c1ccc(F)cc1. The number of hydrogen-bond donors (Lipinski definition) is 0. The van der Waals surface area contributed by atoms with Crippen LogP contribution in [0.25, 0.3) is 0 Å². The summed E-state index contributed by atoms with van der Waals surface area (Å²) in [5.74, 6) is -1.58. The zero-order valence-electron chi connectivity index (χ0n) is 14.4. The van der Waals surface area contributed by atoms with Crippen LogP contribution in [0.15, 0.2) is 73.1 Å². The van der Waals surface area contributed by atoms with Crippen molar-refractivity contribution in [3.05, 3.63) is 101 Å². The first-order chi connectivity index (χ1) is 13.0. The number of Topliss-reactive ketones (excluding diaryl/α,β-unsaturated/α-hetero) is 2. The van der Waals surface area contributed by atoms with Gasteiger partial charge in [0.1, 0.15) is 11.6 Å². The molecule has 1 heterocycles. The number of halogens is 2. The van der Waals surface area contributed by atoms with Gasteiger partial charge in [0.2, 0.25) is 0 Å². The fourth-order valence-corrected chi connectivity index (χ4v) is 2.88. The maximum atomic E-state index is 13.1. The van der Waals surface area contributed by atoms with Gasteiger partial charge in [-0.25, -0.2) is 8.78 Å². The van der Waals surface area contributed by atoms with Gasteiger partial charge in [-0.05, 0) is 66.1 Å². The second kappa shape index (κ2) is 8.45. The van der Waals surface area contributed by atoms with Gasteiger partial charge in [0.15, 0.2) is 11.6 Å². The molecule has 0 unspecified atom stereocenters. The van der Waals surface area contributed by atoms with Crippen molar-refractivity contribution in [3.8, 4) is 0 Å². The lowest BCUT2D eigenvalue weighted by molar-refractivity contribution is 0.0944. The molecule has 3 nitrogen and oxygen atoms in total. The molecule has 2 aromatic carbocycles. The van der Waals surface area contributed by atoms with E-state index in [0.717, 1.165) is 5.56 Å². The zero-order valence-corrected chi connectivity index (χ0v) is 14.4. The average molecular weight is 365 g/mol. The minimum Gasteiger partial charge on any atom is -0.294 e. The standard InChI is InChI=1S/C22H17F2NO2/c23-19-7-3-15(4-8-19)21(26)12-18(17-2-1-11-25-14-17)13-22(27)16-5-9-20(24)10-6-16/h1-11,14,18H,12-13H2. The summed E-state index contributed by atoms with van der Waals surface area (Å²) in [5.41, 5.74) is 1.54. The predicted octanol–water partition coefficient (Wildman–Crippen LogP) is 4.99. The van der Waals surface area contributed by atoms with E-state index in [0.29, 0.717) is 11.1 Å². The van der Waals surface area contributed by atoms with E-state index in [1.807, 2.05) is 6.07 Å². The van der Waals surface area contributed by atoms with Gasteiger partial charge in [-0.15, -0.1) is 0 Å². The molecule has 3 rings (SSSR count). The molecule has 0 N–H and O–H groups in total. The summed E-state index contributed by atoms with van der Waals surface area (Å²) in [4.78, 5) is 29.3. The summed E-state index contributed by atoms with van der Waals surface area (Å²) in [5, 5.41) is 0. The monoisotopic (exact) mass is 365 g/mol. The molecule has 0 fully saturated rings. The number of rotatable bonds is 7. The minimum absolute atomic E-state index is 0.0876. The van der Waals surface area contributed by atoms with E-state index in [9.17, 15) is 18.4 Å². The molecule has 0 saturated heterocycles. The lowest BCUT2D eigenvalue weighted by Crippen LogP contribution is -2.13. The van der Waals surface area contributed by atoms with Crippen LogP contribution in [-0.2, 0) is 0 Å². The molecule has 3 aromatic rings. The molecule has 0 spiro atoms. The van der Waals surface area contributed by atoms with E-state index in [1.165, 1.54) is 48.5 Å². The van der Waals surface area contributed by atoms with Gasteiger partial charge in [0, 0.05) is 36.4 Å². The van der Waals surface area contributed by atoms with Crippen molar-refractivity contribution in [2.75, 3.05) is 0 Å². The van der Waals surface area contributed by atoms with Crippen LogP contribution in [0.3, 0.4) is 0 Å². The number of aromatic nitrogens is 1. The normalized spacial score (nSPS) is 10.8. The third-order valence-electron chi connectivity index (χ3n) is 4.35. The van der Waals surface area contributed by atoms with Crippen LogP contribution in [-0.4, -0.2) is 16.6 Å². The van der Waals surface area contributed by atoms with Crippen molar-refractivity contribution in [2.24, 2.45) is 0 Å². The molecule has 1 aromatic heterocycles. The van der Waals surface area contributed by atoms with Gasteiger partial charge in [0.05, 0.1) is 0 Å². The van der Waals surface area contributed by atoms with Gasteiger partial charge in [-0.1, -0.05) is 6.07 Å². The Bertz CT molecular complexity index is 863. The Morgan fingerprint density at radius 1 is 0.778 bits per heavy atom. The number of pyridine rings is 1. The Hall–Kier alpha value is -3.21. The van der Waals surface area contributed by atoms with Crippen LogP contribution in [0.4, 0.5) is 8.78 Å². The molecular weight excluding hydrogens is 348 g/mol. The number of carbonyl (C=O) groups excluding carboxylic acids is 2. The molecule has 5 heteroatoms. The van der Waals surface area contributed by atoms with Gasteiger partial charge in [-0.3, -0.25) is 14.6 Å². The lowest BCUT2D eigenvalue weighted by atomic mass is 9.87. The Balaban J connectivity index is 1.81. The lowest BCUT2D eigenvalue weighted by Gasteiger charge is -2.16. The average Bonchev–Trinajstić information content (AvgIpc) is 2.69. The van der Waals surface area contributed by atoms with Crippen LogP contribution in [0.2, 0.25) is 0 Å². The molecule has 0 aliphatic rings. The fraction of sp³-hybridized carbons (Fsp3) is 0.136.